The zero-order valence-corrected chi connectivity index (χ0v) is 11.1. The van der Waals surface area contributed by atoms with E-state index in [-0.39, 0.29) is 23.5 Å². The molecule has 0 heterocycles. The Kier molecular flexibility index (Phi) is 5.22. The van der Waals surface area contributed by atoms with Gasteiger partial charge in [0.25, 0.3) is 0 Å². The van der Waals surface area contributed by atoms with Gasteiger partial charge in [0.2, 0.25) is 6.10 Å². The molecule has 2 N–H and O–H groups in total. The molecule has 0 aliphatic carbocycles. The van der Waals surface area contributed by atoms with Crippen LogP contribution in [0.15, 0.2) is 18.2 Å². The highest BCUT2D eigenvalue weighted by atomic mass is 19.4. The third-order valence-electron chi connectivity index (χ3n) is 2.69. The van der Waals surface area contributed by atoms with E-state index in [4.69, 9.17) is 20.5 Å². The van der Waals surface area contributed by atoms with Crippen LogP contribution in [-0.4, -0.2) is 25.4 Å². The van der Waals surface area contributed by atoms with E-state index < -0.39 is 18.3 Å². The predicted molar refractivity (Wildman–Crippen MR) is 66.4 cm³/mol. The molecule has 0 saturated carbocycles. The molecule has 0 spiro atoms. The van der Waals surface area contributed by atoms with Crippen molar-refractivity contribution in [3.63, 3.8) is 0 Å². The molecule has 0 saturated heterocycles. The highest BCUT2D eigenvalue weighted by Gasteiger charge is 2.45. The summed E-state index contributed by atoms with van der Waals surface area (Å²) in [7, 11) is 1.35. The Bertz CT molecular complexity index is 497. The van der Waals surface area contributed by atoms with Crippen molar-refractivity contribution in [1.82, 2.24) is 0 Å². The number of nitrogens with two attached hydrogens (primary N) is 1. The van der Waals surface area contributed by atoms with Gasteiger partial charge in [-0.1, -0.05) is 6.92 Å². The van der Waals surface area contributed by atoms with Gasteiger partial charge >= 0.3 is 6.18 Å². The Hall–Kier alpha value is -1.94. The van der Waals surface area contributed by atoms with Gasteiger partial charge < -0.3 is 15.2 Å². The third-order valence-corrected chi connectivity index (χ3v) is 2.69. The van der Waals surface area contributed by atoms with E-state index in [9.17, 15) is 13.2 Å². The molecule has 2 unspecified atom stereocenters. The van der Waals surface area contributed by atoms with E-state index in [1.54, 1.807) is 6.92 Å². The van der Waals surface area contributed by atoms with Gasteiger partial charge in [0.05, 0.1) is 24.8 Å². The summed E-state index contributed by atoms with van der Waals surface area (Å²) in [5.74, 6) is 0.136. The molecule has 0 aliphatic heterocycles. The van der Waals surface area contributed by atoms with Crippen LogP contribution >= 0.6 is 0 Å². The molecule has 20 heavy (non-hydrogen) atoms. The summed E-state index contributed by atoms with van der Waals surface area (Å²) in [6, 6.07) is 4.53. The maximum Gasteiger partial charge on any atom is 0.426 e. The molecule has 1 aromatic carbocycles. The van der Waals surface area contributed by atoms with Crippen LogP contribution in [-0.2, 0) is 0 Å². The standard InChI is InChI=1S/C13H15F3N2O2/c1-3-11(18)12(13(14,15)16)20-10-5-8(7-17)4-9(6-10)19-2/h4-6,11-12H,3,18H2,1-2H3. The van der Waals surface area contributed by atoms with Gasteiger partial charge in [0.15, 0.2) is 0 Å². The van der Waals surface area contributed by atoms with Gasteiger partial charge in [-0.15, -0.1) is 0 Å². The predicted octanol–water partition coefficient (Wildman–Crippen LogP) is 2.61. The van der Waals surface area contributed by atoms with Gasteiger partial charge in [-0.05, 0) is 18.6 Å². The van der Waals surface area contributed by atoms with E-state index >= 15 is 0 Å². The number of nitriles is 1. The van der Waals surface area contributed by atoms with Gasteiger partial charge in [0, 0.05) is 6.07 Å². The molecular weight excluding hydrogens is 273 g/mol. The van der Waals surface area contributed by atoms with Crippen molar-refractivity contribution in [3.05, 3.63) is 23.8 Å². The number of rotatable bonds is 5. The fourth-order valence-electron chi connectivity index (χ4n) is 1.58. The minimum Gasteiger partial charge on any atom is -0.497 e. The van der Waals surface area contributed by atoms with Crippen LogP contribution in [0.25, 0.3) is 0 Å². The second kappa shape index (κ2) is 6.48. The van der Waals surface area contributed by atoms with Crippen LogP contribution in [0, 0.1) is 11.3 Å². The summed E-state index contributed by atoms with van der Waals surface area (Å²) in [6.07, 6.45) is -6.61. The SMILES string of the molecule is CCC(N)C(Oc1cc(C#N)cc(OC)c1)C(F)(F)F. The van der Waals surface area contributed by atoms with E-state index in [1.165, 1.54) is 25.3 Å². The lowest BCUT2D eigenvalue weighted by atomic mass is 10.1. The second-order valence-corrected chi connectivity index (χ2v) is 4.16. The summed E-state index contributed by atoms with van der Waals surface area (Å²) >= 11 is 0. The van der Waals surface area contributed by atoms with Gasteiger partial charge in [-0.25, -0.2) is 0 Å². The van der Waals surface area contributed by atoms with Crippen molar-refractivity contribution in [2.24, 2.45) is 5.73 Å². The Morgan fingerprint density at radius 3 is 2.35 bits per heavy atom. The van der Waals surface area contributed by atoms with Crippen LogP contribution < -0.4 is 15.2 Å². The van der Waals surface area contributed by atoms with Crippen LogP contribution in [0.1, 0.15) is 18.9 Å². The molecule has 1 rings (SSSR count). The molecule has 0 fully saturated rings. The molecule has 0 aromatic heterocycles. The van der Waals surface area contributed by atoms with Crippen LogP contribution in [0.5, 0.6) is 11.5 Å². The molecule has 0 radical (unpaired) electrons. The van der Waals surface area contributed by atoms with E-state index in [0.29, 0.717) is 0 Å². The van der Waals surface area contributed by atoms with E-state index in [2.05, 4.69) is 0 Å². The summed E-state index contributed by atoms with van der Waals surface area (Å²) in [5.41, 5.74) is 5.59. The molecule has 0 aliphatic rings. The minimum atomic E-state index is -4.59. The Labute approximate surface area is 114 Å². The third kappa shape index (κ3) is 4.03. The number of nitrogens with zero attached hydrogens (tertiary/aromatic N) is 1. The van der Waals surface area contributed by atoms with Gasteiger partial charge in [0.1, 0.15) is 11.5 Å². The maximum atomic E-state index is 12.9. The van der Waals surface area contributed by atoms with Gasteiger partial charge in [-0.2, -0.15) is 18.4 Å². The molecule has 0 bridgehead atoms. The molecule has 110 valence electrons. The molecule has 2 atom stereocenters. The number of hydrogen-bond donors (Lipinski definition) is 1. The highest BCUT2D eigenvalue weighted by molar-refractivity contribution is 5.44. The lowest BCUT2D eigenvalue weighted by molar-refractivity contribution is -0.200. The summed E-state index contributed by atoms with van der Waals surface area (Å²) in [4.78, 5) is 0. The first-order valence-electron chi connectivity index (χ1n) is 5.90. The fourth-order valence-corrected chi connectivity index (χ4v) is 1.58. The average molecular weight is 288 g/mol. The summed E-state index contributed by atoms with van der Waals surface area (Å²) in [6.45, 7) is 1.54. The lowest BCUT2D eigenvalue weighted by Gasteiger charge is -2.26. The zero-order chi connectivity index (χ0) is 15.3. The van der Waals surface area contributed by atoms with E-state index in [1.807, 2.05) is 6.07 Å². The number of ether oxygens (including phenoxy) is 2. The Morgan fingerprint density at radius 2 is 1.90 bits per heavy atom. The monoisotopic (exact) mass is 288 g/mol. The molecule has 1 aromatic rings. The quantitative estimate of drug-likeness (QED) is 0.904. The molecule has 4 nitrogen and oxygen atoms in total. The van der Waals surface area contributed by atoms with Crippen molar-refractivity contribution in [1.29, 1.82) is 5.26 Å². The highest BCUT2D eigenvalue weighted by Crippen LogP contribution is 2.30. The second-order valence-electron chi connectivity index (χ2n) is 4.16. The average Bonchev–Trinajstić information content (AvgIpc) is 2.42. The van der Waals surface area contributed by atoms with Crippen molar-refractivity contribution >= 4 is 0 Å². The smallest absolute Gasteiger partial charge is 0.426 e. The first-order valence-corrected chi connectivity index (χ1v) is 5.90. The first kappa shape index (κ1) is 16.1. The maximum absolute atomic E-state index is 12.9. The van der Waals surface area contributed by atoms with Crippen LogP contribution in [0.3, 0.4) is 0 Å². The topological polar surface area (TPSA) is 68.3 Å². The summed E-state index contributed by atoms with van der Waals surface area (Å²) in [5, 5.41) is 8.82. The van der Waals surface area contributed by atoms with Crippen molar-refractivity contribution in [3.8, 4) is 17.6 Å². The Morgan fingerprint density at radius 1 is 1.30 bits per heavy atom. The number of hydrogen-bond acceptors (Lipinski definition) is 4. The van der Waals surface area contributed by atoms with Crippen LogP contribution in [0.2, 0.25) is 0 Å². The number of halogens is 3. The molecule has 7 heteroatoms. The van der Waals surface area contributed by atoms with E-state index in [0.717, 1.165) is 0 Å². The first-order chi connectivity index (χ1) is 9.31. The summed E-state index contributed by atoms with van der Waals surface area (Å²) < 4.78 is 48.6. The normalized spacial score (nSPS) is 14.2. The lowest BCUT2D eigenvalue weighted by Crippen LogP contribution is -2.48. The number of benzene rings is 1. The number of alkyl halides is 3. The minimum absolute atomic E-state index is 0.105. The van der Waals surface area contributed by atoms with Gasteiger partial charge in [-0.3, -0.25) is 0 Å². The molecular formula is C13H15F3N2O2. The number of methoxy groups -OCH3 is 1. The van der Waals surface area contributed by atoms with Crippen molar-refractivity contribution < 1.29 is 22.6 Å². The van der Waals surface area contributed by atoms with Crippen molar-refractivity contribution in [2.45, 2.75) is 31.7 Å². The van der Waals surface area contributed by atoms with Crippen molar-refractivity contribution in [2.75, 3.05) is 7.11 Å². The molecule has 0 amide bonds. The largest absolute Gasteiger partial charge is 0.497 e. The fraction of sp³-hybridized carbons (Fsp3) is 0.462. The Balaban J connectivity index is 3.08. The van der Waals surface area contributed by atoms with Crippen LogP contribution in [0.4, 0.5) is 13.2 Å². The zero-order valence-electron chi connectivity index (χ0n) is 11.1.